The first kappa shape index (κ1) is 11.4. The monoisotopic (exact) mass is 210 g/mol. The van der Waals surface area contributed by atoms with Crippen LogP contribution in [0.25, 0.3) is 0 Å². The van der Waals surface area contributed by atoms with E-state index in [1.807, 2.05) is 0 Å². The van der Waals surface area contributed by atoms with Crippen LogP contribution in [0.2, 0.25) is 0 Å². The molecule has 0 aliphatic carbocycles. The van der Waals surface area contributed by atoms with Crippen molar-refractivity contribution < 1.29 is 0 Å². The first-order valence-corrected chi connectivity index (χ1v) is 6.80. The standard InChI is InChI=1S/C13H26N2/c1-3-11(4-2)9-15-8-7-12-5-6-13(10-15)14-12/h11-14H,3-10H2,1-2H3. The summed E-state index contributed by atoms with van der Waals surface area (Å²) in [5, 5.41) is 3.75. The maximum Gasteiger partial charge on any atom is 0.0198 e. The fourth-order valence-corrected chi connectivity index (χ4v) is 3.09. The number of rotatable bonds is 4. The third-order valence-electron chi connectivity index (χ3n) is 4.28. The molecule has 0 spiro atoms. The molecule has 0 aromatic rings. The molecule has 2 aliphatic rings. The molecular formula is C13H26N2. The van der Waals surface area contributed by atoms with Gasteiger partial charge in [-0.2, -0.15) is 0 Å². The van der Waals surface area contributed by atoms with Gasteiger partial charge in [-0.05, 0) is 31.7 Å². The second kappa shape index (κ2) is 5.31. The van der Waals surface area contributed by atoms with Gasteiger partial charge in [-0.25, -0.2) is 0 Å². The van der Waals surface area contributed by atoms with Crippen LogP contribution >= 0.6 is 0 Å². The van der Waals surface area contributed by atoms with Crippen LogP contribution in [0.4, 0.5) is 0 Å². The highest BCUT2D eigenvalue weighted by Gasteiger charge is 2.29. The van der Waals surface area contributed by atoms with Gasteiger partial charge in [-0.15, -0.1) is 0 Å². The molecule has 2 fully saturated rings. The van der Waals surface area contributed by atoms with Crippen LogP contribution < -0.4 is 5.32 Å². The second-order valence-corrected chi connectivity index (χ2v) is 5.37. The van der Waals surface area contributed by atoms with E-state index in [9.17, 15) is 0 Å². The predicted octanol–water partition coefficient (Wildman–Crippen LogP) is 2.25. The Balaban J connectivity index is 1.82. The zero-order chi connectivity index (χ0) is 10.7. The lowest BCUT2D eigenvalue weighted by Crippen LogP contribution is -2.37. The topological polar surface area (TPSA) is 15.3 Å². The van der Waals surface area contributed by atoms with E-state index in [0.717, 1.165) is 18.0 Å². The Morgan fingerprint density at radius 3 is 2.60 bits per heavy atom. The molecule has 2 nitrogen and oxygen atoms in total. The normalized spacial score (nSPS) is 32.2. The molecule has 88 valence electrons. The van der Waals surface area contributed by atoms with Crippen LogP contribution in [0.3, 0.4) is 0 Å². The average molecular weight is 210 g/mol. The first-order valence-electron chi connectivity index (χ1n) is 6.80. The lowest BCUT2D eigenvalue weighted by atomic mass is 10.0. The summed E-state index contributed by atoms with van der Waals surface area (Å²) in [7, 11) is 0. The summed E-state index contributed by atoms with van der Waals surface area (Å²) in [5.41, 5.74) is 0. The maximum absolute atomic E-state index is 3.75. The van der Waals surface area contributed by atoms with Crippen molar-refractivity contribution in [2.45, 2.75) is 58.0 Å². The fourth-order valence-electron chi connectivity index (χ4n) is 3.09. The van der Waals surface area contributed by atoms with Gasteiger partial charge in [0.2, 0.25) is 0 Å². The van der Waals surface area contributed by atoms with E-state index in [1.54, 1.807) is 0 Å². The van der Waals surface area contributed by atoms with Crippen molar-refractivity contribution in [3.8, 4) is 0 Å². The Labute approximate surface area is 94.4 Å². The van der Waals surface area contributed by atoms with Gasteiger partial charge in [0.05, 0.1) is 0 Å². The molecule has 15 heavy (non-hydrogen) atoms. The zero-order valence-electron chi connectivity index (χ0n) is 10.3. The van der Waals surface area contributed by atoms with Gasteiger partial charge in [0.1, 0.15) is 0 Å². The van der Waals surface area contributed by atoms with Gasteiger partial charge < -0.3 is 10.2 Å². The van der Waals surface area contributed by atoms with Crippen LogP contribution in [-0.2, 0) is 0 Å². The summed E-state index contributed by atoms with van der Waals surface area (Å²) in [5.74, 6) is 0.918. The van der Waals surface area contributed by atoms with Crippen LogP contribution in [0.15, 0.2) is 0 Å². The van der Waals surface area contributed by atoms with Crippen LogP contribution in [0.1, 0.15) is 46.0 Å². The summed E-state index contributed by atoms with van der Waals surface area (Å²) in [4.78, 5) is 2.70. The summed E-state index contributed by atoms with van der Waals surface area (Å²) < 4.78 is 0. The molecule has 0 radical (unpaired) electrons. The van der Waals surface area contributed by atoms with Crippen molar-refractivity contribution in [2.75, 3.05) is 19.6 Å². The summed E-state index contributed by atoms with van der Waals surface area (Å²) in [6, 6.07) is 1.63. The van der Waals surface area contributed by atoms with Crippen molar-refractivity contribution in [3.05, 3.63) is 0 Å². The first-order chi connectivity index (χ1) is 7.31. The molecule has 0 aromatic heterocycles. The molecule has 2 aliphatic heterocycles. The van der Waals surface area contributed by atoms with Crippen LogP contribution in [-0.4, -0.2) is 36.6 Å². The molecule has 2 saturated heterocycles. The number of nitrogens with one attached hydrogen (secondary N) is 1. The smallest absolute Gasteiger partial charge is 0.0198 e. The maximum atomic E-state index is 3.75. The molecule has 2 heteroatoms. The SMILES string of the molecule is CCC(CC)CN1CCC2CCC(C1)N2. The highest BCUT2D eigenvalue weighted by atomic mass is 15.2. The van der Waals surface area contributed by atoms with E-state index in [1.165, 1.54) is 51.7 Å². The zero-order valence-corrected chi connectivity index (χ0v) is 10.3. The minimum absolute atomic E-state index is 0.798. The largest absolute Gasteiger partial charge is 0.310 e. The van der Waals surface area contributed by atoms with Gasteiger partial charge in [0, 0.05) is 25.2 Å². The van der Waals surface area contributed by atoms with Gasteiger partial charge in [0.25, 0.3) is 0 Å². The van der Waals surface area contributed by atoms with Crippen LogP contribution in [0.5, 0.6) is 0 Å². The highest BCUT2D eigenvalue weighted by Crippen LogP contribution is 2.21. The fraction of sp³-hybridized carbons (Fsp3) is 1.00. The minimum Gasteiger partial charge on any atom is -0.310 e. The van der Waals surface area contributed by atoms with Gasteiger partial charge >= 0.3 is 0 Å². The highest BCUT2D eigenvalue weighted by molar-refractivity contribution is 4.89. The number of fused-ring (bicyclic) bond motifs is 2. The van der Waals surface area contributed by atoms with Crippen molar-refractivity contribution in [1.82, 2.24) is 10.2 Å². The summed E-state index contributed by atoms with van der Waals surface area (Å²) >= 11 is 0. The van der Waals surface area contributed by atoms with Crippen molar-refractivity contribution in [1.29, 1.82) is 0 Å². The number of nitrogens with zero attached hydrogens (tertiary/aromatic N) is 1. The Bertz CT molecular complexity index is 189. The molecule has 2 bridgehead atoms. The van der Waals surface area contributed by atoms with E-state index in [-0.39, 0.29) is 0 Å². The Hall–Kier alpha value is -0.0800. The lowest BCUT2D eigenvalue weighted by Gasteiger charge is -2.27. The van der Waals surface area contributed by atoms with Crippen molar-refractivity contribution in [2.24, 2.45) is 5.92 Å². The van der Waals surface area contributed by atoms with E-state index < -0.39 is 0 Å². The molecule has 0 amide bonds. The molecule has 2 atom stereocenters. The third-order valence-corrected chi connectivity index (χ3v) is 4.28. The molecule has 1 N–H and O–H groups in total. The Morgan fingerprint density at radius 1 is 1.13 bits per heavy atom. The van der Waals surface area contributed by atoms with Gasteiger partial charge in [0.15, 0.2) is 0 Å². The van der Waals surface area contributed by atoms with Gasteiger partial charge in [-0.1, -0.05) is 26.7 Å². The number of hydrogen-bond acceptors (Lipinski definition) is 2. The Kier molecular flexibility index (Phi) is 4.04. The van der Waals surface area contributed by atoms with Crippen molar-refractivity contribution in [3.63, 3.8) is 0 Å². The minimum atomic E-state index is 0.798. The van der Waals surface area contributed by atoms with Crippen molar-refractivity contribution >= 4 is 0 Å². The summed E-state index contributed by atoms with van der Waals surface area (Å²) in [6.45, 7) is 8.61. The Morgan fingerprint density at radius 2 is 1.87 bits per heavy atom. The predicted molar refractivity (Wildman–Crippen MR) is 65.1 cm³/mol. The lowest BCUT2D eigenvalue weighted by molar-refractivity contribution is 0.213. The molecule has 0 saturated carbocycles. The third kappa shape index (κ3) is 2.94. The van der Waals surface area contributed by atoms with Crippen LogP contribution in [0, 0.1) is 5.92 Å². The number of hydrogen-bond donors (Lipinski definition) is 1. The number of likely N-dealkylation sites (tertiary alicyclic amines) is 1. The average Bonchev–Trinajstić information content (AvgIpc) is 2.58. The van der Waals surface area contributed by atoms with E-state index in [2.05, 4.69) is 24.1 Å². The quantitative estimate of drug-likeness (QED) is 0.765. The molecule has 0 aromatic carbocycles. The molecular weight excluding hydrogens is 184 g/mol. The van der Waals surface area contributed by atoms with E-state index >= 15 is 0 Å². The molecule has 2 unspecified atom stereocenters. The molecule has 2 rings (SSSR count). The second-order valence-electron chi connectivity index (χ2n) is 5.37. The van der Waals surface area contributed by atoms with E-state index in [4.69, 9.17) is 0 Å². The molecule has 2 heterocycles. The van der Waals surface area contributed by atoms with E-state index in [0.29, 0.717) is 0 Å². The summed E-state index contributed by atoms with van der Waals surface area (Å²) in [6.07, 6.45) is 6.88. The van der Waals surface area contributed by atoms with Gasteiger partial charge in [-0.3, -0.25) is 0 Å².